The van der Waals surface area contributed by atoms with Crippen LogP contribution in [-0.2, 0) is 9.05 Å². The third-order valence-electron chi connectivity index (χ3n) is 1.94. The van der Waals surface area contributed by atoms with Crippen LogP contribution in [0.4, 0.5) is 10.1 Å². The minimum absolute atomic E-state index is 0.477. The highest BCUT2D eigenvalue weighted by Crippen LogP contribution is 2.34. The van der Waals surface area contributed by atoms with Gasteiger partial charge in [-0.15, -0.1) is 0 Å². The van der Waals surface area contributed by atoms with Gasteiger partial charge in [-0.25, -0.2) is 12.8 Å². The minimum Gasteiger partial charge on any atom is -0.471 e. The first-order chi connectivity index (χ1) is 8.66. The lowest BCUT2D eigenvalue weighted by Crippen LogP contribution is -2.12. The Kier molecular flexibility index (Phi) is 4.28. The zero-order valence-electron chi connectivity index (χ0n) is 9.33. The summed E-state index contributed by atoms with van der Waals surface area (Å²) in [5, 5.41) is 19.1. The average molecular weight is 309 g/mol. The molecule has 10 heteroatoms. The summed E-state index contributed by atoms with van der Waals surface area (Å²) in [6.45, 7) is 1.24. The van der Waals surface area contributed by atoms with Crippen molar-refractivity contribution in [2.24, 2.45) is 0 Å². The molecule has 1 unspecified atom stereocenters. The molecule has 1 aromatic carbocycles. The fraction of sp³-hybridized carbons (Fsp3) is 0.222. The molecule has 0 aliphatic heterocycles. The molecule has 0 N–H and O–H groups in total. The fourth-order valence-electron chi connectivity index (χ4n) is 1.16. The van der Waals surface area contributed by atoms with Crippen molar-refractivity contribution >= 4 is 25.4 Å². The van der Waals surface area contributed by atoms with E-state index >= 15 is 0 Å². The second-order valence-electron chi connectivity index (χ2n) is 3.34. The van der Waals surface area contributed by atoms with Crippen LogP contribution >= 0.6 is 10.7 Å². The summed E-state index contributed by atoms with van der Waals surface area (Å²) in [5.74, 6) is -2.12. The Labute approximate surface area is 111 Å². The number of nitriles is 1. The summed E-state index contributed by atoms with van der Waals surface area (Å²) in [5.41, 5.74) is -0.798. The minimum atomic E-state index is -4.47. The Hall–Kier alpha value is -1.92. The van der Waals surface area contributed by atoms with Crippen molar-refractivity contribution in [1.82, 2.24) is 0 Å². The van der Waals surface area contributed by atoms with Gasteiger partial charge in [-0.1, -0.05) is 0 Å². The zero-order chi connectivity index (χ0) is 14.8. The lowest BCUT2D eigenvalue weighted by molar-refractivity contribution is -0.385. The quantitative estimate of drug-likeness (QED) is 0.477. The van der Waals surface area contributed by atoms with E-state index in [2.05, 4.69) is 0 Å². The first kappa shape index (κ1) is 15.1. The maximum Gasteiger partial charge on any atom is 0.273 e. The van der Waals surface area contributed by atoms with E-state index in [1.54, 1.807) is 6.07 Å². The molecule has 0 aliphatic carbocycles. The van der Waals surface area contributed by atoms with Crippen LogP contribution in [0, 0.1) is 27.3 Å². The van der Waals surface area contributed by atoms with Gasteiger partial charge in [0.1, 0.15) is 11.0 Å². The molecule has 0 radical (unpaired) electrons. The molecule has 0 spiro atoms. The van der Waals surface area contributed by atoms with E-state index < -0.39 is 42.2 Å². The number of rotatable bonds is 4. The summed E-state index contributed by atoms with van der Waals surface area (Å²) in [6, 6.07) is 2.63. The van der Waals surface area contributed by atoms with E-state index in [-0.39, 0.29) is 0 Å². The highest BCUT2D eigenvalue weighted by Gasteiger charge is 2.26. The van der Waals surface area contributed by atoms with Crippen molar-refractivity contribution < 1.29 is 22.5 Å². The molecular weight excluding hydrogens is 303 g/mol. The number of nitrogens with zero attached hydrogens (tertiary/aromatic N) is 2. The topological polar surface area (TPSA) is 110 Å². The summed E-state index contributed by atoms with van der Waals surface area (Å²) >= 11 is 0. The summed E-state index contributed by atoms with van der Waals surface area (Å²) in [4.78, 5) is 8.65. The van der Waals surface area contributed by atoms with Crippen molar-refractivity contribution in [2.75, 3.05) is 0 Å². The number of hydrogen-bond acceptors (Lipinski definition) is 6. The second-order valence-corrected chi connectivity index (χ2v) is 5.87. The van der Waals surface area contributed by atoms with Crippen LogP contribution in [0.1, 0.15) is 6.92 Å². The number of non-ortho nitro benzene ring substituents is 1. The number of benzene rings is 1. The fourth-order valence-corrected chi connectivity index (χ4v) is 2.13. The van der Waals surface area contributed by atoms with Gasteiger partial charge in [-0.3, -0.25) is 10.1 Å². The highest BCUT2D eigenvalue weighted by molar-refractivity contribution is 8.13. The van der Waals surface area contributed by atoms with Crippen molar-refractivity contribution in [3.63, 3.8) is 0 Å². The molecule has 19 heavy (non-hydrogen) atoms. The molecule has 0 saturated heterocycles. The zero-order valence-corrected chi connectivity index (χ0v) is 10.9. The van der Waals surface area contributed by atoms with Crippen LogP contribution < -0.4 is 4.74 Å². The second kappa shape index (κ2) is 5.38. The van der Waals surface area contributed by atoms with Crippen molar-refractivity contribution in [2.45, 2.75) is 17.9 Å². The van der Waals surface area contributed by atoms with Gasteiger partial charge in [-0.05, 0) is 6.92 Å². The number of ether oxygens (including phenoxy) is 1. The van der Waals surface area contributed by atoms with E-state index in [0.29, 0.717) is 12.1 Å². The van der Waals surface area contributed by atoms with Crippen molar-refractivity contribution in [3.05, 3.63) is 28.1 Å². The first-order valence-corrected chi connectivity index (χ1v) is 6.96. The third-order valence-corrected chi connectivity index (χ3v) is 3.27. The van der Waals surface area contributed by atoms with Crippen LogP contribution in [0.15, 0.2) is 17.0 Å². The number of nitro groups is 1. The third kappa shape index (κ3) is 3.52. The van der Waals surface area contributed by atoms with E-state index in [1.807, 2.05) is 0 Å². The molecule has 1 aromatic rings. The van der Waals surface area contributed by atoms with Gasteiger partial charge >= 0.3 is 0 Å². The Balaban J connectivity index is 3.54. The normalized spacial score (nSPS) is 12.5. The lowest BCUT2D eigenvalue weighted by Gasteiger charge is -2.11. The van der Waals surface area contributed by atoms with Gasteiger partial charge < -0.3 is 4.74 Å². The van der Waals surface area contributed by atoms with Crippen molar-refractivity contribution in [3.8, 4) is 11.8 Å². The summed E-state index contributed by atoms with van der Waals surface area (Å²) in [7, 11) is 0.587. The standard InChI is InChI=1S/C9H6ClFN2O5S/c1-5(4-12)18-9-7(11)2-6(13(14)15)3-8(9)19(10,16)17/h2-3,5H,1H3. The van der Waals surface area contributed by atoms with E-state index in [1.165, 1.54) is 6.92 Å². The predicted molar refractivity (Wildman–Crippen MR) is 61.8 cm³/mol. The monoisotopic (exact) mass is 308 g/mol. The van der Waals surface area contributed by atoms with Crippen molar-refractivity contribution in [1.29, 1.82) is 5.26 Å². The summed E-state index contributed by atoms with van der Waals surface area (Å²) < 4.78 is 40.9. The molecule has 0 heterocycles. The highest BCUT2D eigenvalue weighted by atomic mass is 35.7. The van der Waals surface area contributed by atoms with Crippen LogP contribution in [0.25, 0.3) is 0 Å². The molecule has 0 aromatic heterocycles. The molecular formula is C9H6ClFN2O5S. The van der Waals surface area contributed by atoms with Gasteiger partial charge in [-0.2, -0.15) is 5.26 Å². The molecule has 0 amide bonds. The van der Waals surface area contributed by atoms with Gasteiger partial charge in [0.2, 0.25) is 0 Å². The van der Waals surface area contributed by atoms with E-state index in [0.717, 1.165) is 0 Å². The van der Waals surface area contributed by atoms with Crippen LogP contribution in [0.5, 0.6) is 5.75 Å². The van der Waals surface area contributed by atoms with Gasteiger partial charge in [0.15, 0.2) is 17.7 Å². The van der Waals surface area contributed by atoms with Crippen LogP contribution in [0.2, 0.25) is 0 Å². The Bertz CT molecular complexity index is 670. The van der Waals surface area contributed by atoms with Gasteiger partial charge in [0.05, 0.1) is 11.0 Å². The molecule has 1 rings (SSSR count). The first-order valence-electron chi connectivity index (χ1n) is 4.65. The lowest BCUT2D eigenvalue weighted by atomic mass is 10.3. The number of halogens is 2. The molecule has 0 aliphatic rings. The average Bonchev–Trinajstić information content (AvgIpc) is 2.29. The molecule has 0 saturated carbocycles. The number of nitro benzene ring substituents is 1. The van der Waals surface area contributed by atoms with Crippen LogP contribution in [0.3, 0.4) is 0 Å². The molecule has 0 fully saturated rings. The predicted octanol–water partition coefficient (Wildman–Crippen LogP) is 1.95. The maximum absolute atomic E-state index is 13.6. The van der Waals surface area contributed by atoms with Gasteiger partial charge in [0.25, 0.3) is 14.7 Å². The Morgan fingerprint density at radius 2 is 2.16 bits per heavy atom. The molecule has 0 bridgehead atoms. The molecule has 102 valence electrons. The largest absolute Gasteiger partial charge is 0.471 e. The molecule has 7 nitrogen and oxygen atoms in total. The van der Waals surface area contributed by atoms with E-state index in [4.69, 9.17) is 20.7 Å². The SMILES string of the molecule is CC(C#N)Oc1c(F)cc([N+](=O)[O-])cc1S(=O)(=O)Cl. The Morgan fingerprint density at radius 1 is 1.58 bits per heavy atom. The van der Waals surface area contributed by atoms with Gasteiger partial charge in [0, 0.05) is 16.7 Å². The number of hydrogen-bond donors (Lipinski definition) is 0. The van der Waals surface area contributed by atoms with Crippen LogP contribution in [-0.4, -0.2) is 19.4 Å². The van der Waals surface area contributed by atoms with E-state index in [9.17, 15) is 22.9 Å². The molecule has 1 atom stereocenters. The maximum atomic E-state index is 13.6. The Morgan fingerprint density at radius 3 is 2.58 bits per heavy atom. The smallest absolute Gasteiger partial charge is 0.273 e. The summed E-state index contributed by atoms with van der Waals surface area (Å²) in [6.07, 6.45) is -1.16.